The van der Waals surface area contributed by atoms with Crippen LogP contribution in [0.15, 0.2) is 63.7 Å². The van der Waals surface area contributed by atoms with Crippen molar-refractivity contribution >= 4 is 39.3 Å². The second-order valence-corrected chi connectivity index (χ2v) is 6.91. The highest BCUT2D eigenvalue weighted by atomic mass is 79.9. The zero-order valence-corrected chi connectivity index (χ0v) is 15.9. The van der Waals surface area contributed by atoms with Crippen molar-refractivity contribution < 1.29 is 9.53 Å². The van der Waals surface area contributed by atoms with Gasteiger partial charge in [-0.2, -0.15) is 10.1 Å². The van der Waals surface area contributed by atoms with Gasteiger partial charge in [0.2, 0.25) is 0 Å². The average molecular weight is 399 g/mol. The van der Waals surface area contributed by atoms with E-state index in [1.165, 1.54) is 5.01 Å². The summed E-state index contributed by atoms with van der Waals surface area (Å²) < 4.78 is 6.58. The number of rotatable bonds is 4. The Bertz CT molecular complexity index is 857. The normalized spacial score (nSPS) is 15.9. The molecule has 3 rings (SSSR count). The molecule has 1 amide bonds. The fourth-order valence-electron chi connectivity index (χ4n) is 2.55. The Labute approximate surface area is 155 Å². The Balaban J connectivity index is 1.88. The van der Waals surface area contributed by atoms with Gasteiger partial charge < -0.3 is 4.74 Å². The van der Waals surface area contributed by atoms with Crippen molar-refractivity contribution in [3.05, 3.63) is 64.1 Å². The first-order valence-electron chi connectivity index (χ1n) is 8.08. The molecule has 5 heteroatoms. The maximum Gasteiger partial charge on any atom is 0.280 e. The van der Waals surface area contributed by atoms with E-state index < -0.39 is 0 Å². The van der Waals surface area contributed by atoms with Crippen LogP contribution < -0.4 is 9.75 Å². The number of hydrazone groups is 1. The zero-order chi connectivity index (χ0) is 18.0. The zero-order valence-electron chi connectivity index (χ0n) is 14.4. The van der Waals surface area contributed by atoms with Crippen molar-refractivity contribution in [2.75, 3.05) is 5.01 Å². The summed E-state index contributed by atoms with van der Waals surface area (Å²) in [6, 6.07) is 15.2. The maximum absolute atomic E-state index is 12.7. The van der Waals surface area contributed by atoms with Crippen LogP contribution in [0.1, 0.15) is 26.3 Å². The van der Waals surface area contributed by atoms with E-state index in [4.69, 9.17) is 4.74 Å². The first-order valence-corrected chi connectivity index (χ1v) is 8.88. The topological polar surface area (TPSA) is 41.9 Å². The Morgan fingerprint density at radius 2 is 1.88 bits per heavy atom. The minimum atomic E-state index is -0.123. The van der Waals surface area contributed by atoms with Crippen LogP contribution >= 0.6 is 15.9 Å². The predicted molar refractivity (Wildman–Crippen MR) is 105 cm³/mol. The van der Waals surface area contributed by atoms with Crippen molar-refractivity contribution in [3.63, 3.8) is 0 Å². The quantitative estimate of drug-likeness (QED) is 0.676. The van der Waals surface area contributed by atoms with Gasteiger partial charge in [-0.25, -0.2) is 0 Å². The van der Waals surface area contributed by atoms with Crippen LogP contribution in [0.4, 0.5) is 5.69 Å². The average Bonchev–Trinajstić information content (AvgIpc) is 2.86. The third-order valence-electron chi connectivity index (χ3n) is 3.69. The number of carbonyl (C=O) groups excluding carboxylic acids is 1. The Morgan fingerprint density at radius 1 is 1.16 bits per heavy atom. The molecule has 25 heavy (non-hydrogen) atoms. The molecule has 4 nitrogen and oxygen atoms in total. The maximum atomic E-state index is 12.7. The summed E-state index contributed by atoms with van der Waals surface area (Å²) in [6.07, 6.45) is 1.96. The number of halogens is 1. The molecule has 0 unspecified atom stereocenters. The molecule has 0 saturated carbocycles. The van der Waals surface area contributed by atoms with Gasteiger partial charge in [-0.3, -0.25) is 4.79 Å². The molecule has 2 aromatic rings. The lowest BCUT2D eigenvalue weighted by atomic mass is 10.1. The van der Waals surface area contributed by atoms with Gasteiger partial charge in [0, 0.05) is 0 Å². The Kier molecular flexibility index (Phi) is 5.04. The van der Waals surface area contributed by atoms with Gasteiger partial charge in [0.1, 0.15) is 5.75 Å². The number of carbonyl (C=O) groups is 1. The van der Waals surface area contributed by atoms with E-state index in [1.807, 2.05) is 75.4 Å². The highest BCUT2D eigenvalue weighted by molar-refractivity contribution is 9.10. The fourth-order valence-corrected chi connectivity index (χ4v) is 3.04. The van der Waals surface area contributed by atoms with E-state index in [2.05, 4.69) is 21.0 Å². The number of nitrogens with zero attached hydrogens (tertiary/aromatic N) is 2. The highest BCUT2D eigenvalue weighted by Crippen LogP contribution is 2.29. The van der Waals surface area contributed by atoms with Gasteiger partial charge in [0.15, 0.2) is 0 Å². The Morgan fingerprint density at radius 3 is 2.52 bits per heavy atom. The summed E-state index contributed by atoms with van der Waals surface area (Å²) in [7, 11) is 0. The smallest absolute Gasteiger partial charge is 0.280 e. The molecule has 1 aliphatic rings. The lowest BCUT2D eigenvalue weighted by Gasteiger charge is -2.12. The van der Waals surface area contributed by atoms with Gasteiger partial charge in [0.25, 0.3) is 5.91 Å². The van der Waals surface area contributed by atoms with Gasteiger partial charge in [-0.05, 0) is 72.6 Å². The van der Waals surface area contributed by atoms with Crippen LogP contribution in [-0.2, 0) is 4.79 Å². The molecule has 0 aliphatic carbocycles. The summed E-state index contributed by atoms with van der Waals surface area (Å²) in [5.74, 6) is 0.661. The van der Waals surface area contributed by atoms with Crippen molar-refractivity contribution in [3.8, 4) is 5.75 Å². The first kappa shape index (κ1) is 17.4. The predicted octanol–water partition coefficient (Wildman–Crippen LogP) is 5.04. The molecular weight excluding hydrogens is 380 g/mol. The minimum Gasteiger partial charge on any atom is -0.490 e. The standard InChI is InChI=1S/C20H19BrN2O2/c1-13(2)25-19-10-9-15(12-18(19)21)11-17-14(3)22-23(20(17)24)16-7-5-4-6-8-16/h4-13H,1-3H3/b17-11+. The second kappa shape index (κ2) is 7.23. The van der Waals surface area contributed by atoms with Gasteiger partial charge in [0.05, 0.1) is 27.5 Å². The second-order valence-electron chi connectivity index (χ2n) is 6.05. The number of hydrogen-bond acceptors (Lipinski definition) is 3. The number of para-hydroxylation sites is 1. The van der Waals surface area contributed by atoms with Crippen LogP contribution in [0.25, 0.3) is 6.08 Å². The molecular formula is C20H19BrN2O2. The van der Waals surface area contributed by atoms with Crippen LogP contribution in [0.3, 0.4) is 0 Å². The number of ether oxygens (including phenoxy) is 1. The van der Waals surface area contributed by atoms with Crippen LogP contribution in [0.2, 0.25) is 0 Å². The largest absolute Gasteiger partial charge is 0.490 e. The molecule has 1 aliphatic heterocycles. The van der Waals surface area contributed by atoms with E-state index in [0.29, 0.717) is 11.3 Å². The molecule has 0 atom stereocenters. The number of amides is 1. The summed E-state index contributed by atoms with van der Waals surface area (Å²) in [5.41, 5.74) is 2.97. The fraction of sp³-hybridized carbons (Fsp3) is 0.200. The summed E-state index contributed by atoms with van der Waals surface area (Å²) in [5, 5.41) is 5.83. The Hall–Kier alpha value is -2.40. The first-order chi connectivity index (χ1) is 12.0. The van der Waals surface area contributed by atoms with Crippen LogP contribution in [0, 0.1) is 0 Å². The lowest BCUT2D eigenvalue weighted by Crippen LogP contribution is -2.21. The summed E-state index contributed by atoms with van der Waals surface area (Å²) in [6.45, 7) is 5.81. The van der Waals surface area contributed by atoms with Crippen LogP contribution in [-0.4, -0.2) is 17.7 Å². The van der Waals surface area contributed by atoms with Crippen LogP contribution in [0.5, 0.6) is 5.75 Å². The third-order valence-corrected chi connectivity index (χ3v) is 4.31. The number of hydrogen-bond donors (Lipinski definition) is 0. The molecule has 0 fully saturated rings. The molecule has 1 heterocycles. The summed E-state index contributed by atoms with van der Waals surface area (Å²) >= 11 is 3.52. The molecule has 0 aromatic heterocycles. The van der Waals surface area contributed by atoms with Crippen molar-refractivity contribution in [2.45, 2.75) is 26.9 Å². The SMILES string of the molecule is CC1=NN(c2ccccc2)C(=O)/C1=C/c1ccc(OC(C)C)c(Br)c1. The molecule has 0 saturated heterocycles. The minimum absolute atomic E-state index is 0.103. The van der Waals surface area contributed by atoms with E-state index in [9.17, 15) is 4.79 Å². The van der Waals surface area contributed by atoms with E-state index in [0.717, 1.165) is 21.5 Å². The van der Waals surface area contributed by atoms with E-state index >= 15 is 0 Å². The van der Waals surface area contributed by atoms with E-state index in [-0.39, 0.29) is 12.0 Å². The third kappa shape index (κ3) is 3.82. The molecule has 0 bridgehead atoms. The molecule has 0 radical (unpaired) electrons. The molecule has 0 spiro atoms. The molecule has 2 aromatic carbocycles. The van der Waals surface area contributed by atoms with Gasteiger partial charge in [-0.1, -0.05) is 24.3 Å². The van der Waals surface area contributed by atoms with Crippen molar-refractivity contribution in [1.82, 2.24) is 0 Å². The highest BCUT2D eigenvalue weighted by Gasteiger charge is 2.28. The molecule has 0 N–H and O–H groups in total. The lowest BCUT2D eigenvalue weighted by molar-refractivity contribution is -0.114. The van der Waals surface area contributed by atoms with E-state index in [1.54, 1.807) is 0 Å². The number of anilines is 1. The van der Waals surface area contributed by atoms with Crippen molar-refractivity contribution in [2.24, 2.45) is 5.10 Å². The van der Waals surface area contributed by atoms with Gasteiger partial charge >= 0.3 is 0 Å². The van der Waals surface area contributed by atoms with Crippen molar-refractivity contribution in [1.29, 1.82) is 0 Å². The number of benzene rings is 2. The molecule has 128 valence electrons. The van der Waals surface area contributed by atoms with Gasteiger partial charge in [-0.15, -0.1) is 0 Å². The monoisotopic (exact) mass is 398 g/mol. The summed E-state index contributed by atoms with van der Waals surface area (Å²) in [4.78, 5) is 12.7.